The smallest absolute Gasteiger partial charge is 0.119 e. The monoisotopic (exact) mass is 223 g/mol. The van der Waals surface area contributed by atoms with Crippen molar-refractivity contribution in [2.24, 2.45) is 11.7 Å². The van der Waals surface area contributed by atoms with Gasteiger partial charge in [0, 0.05) is 18.6 Å². The highest BCUT2D eigenvalue weighted by molar-refractivity contribution is 5.28. The Morgan fingerprint density at radius 2 is 1.94 bits per heavy atom. The largest absolute Gasteiger partial charge is 0.493 e. The SMILES string of the molecule is CC[C@@H](N)c1ccc(OCC(C)CO)cc1. The van der Waals surface area contributed by atoms with E-state index in [4.69, 9.17) is 15.6 Å². The van der Waals surface area contributed by atoms with Crippen LogP contribution in [0.2, 0.25) is 0 Å². The molecule has 3 nitrogen and oxygen atoms in total. The van der Waals surface area contributed by atoms with Gasteiger partial charge in [0.2, 0.25) is 0 Å². The third-order valence-electron chi connectivity index (χ3n) is 2.59. The molecule has 0 aromatic heterocycles. The summed E-state index contributed by atoms with van der Waals surface area (Å²) in [5, 5.41) is 8.87. The zero-order valence-corrected chi connectivity index (χ0v) is 10.0. The minimum Gasteiger partial charge on any atom is -0.493 e. The van der Waals surface area contributed by atoms with Gasteiger partial charge in [-0.15, -0.1) is 0 Å². The molecular weight excluding hydrogens is 202 g/mol. The van der Waals surface area contributed by atoms with E-state index in [1.54, 1.807) is 0 Å². The highest BCUT2D eigenvalue weighted by Crippen LogP contribution is 2.18. The first-order valence-corrected chi connectivity index (χ1v) is 5.76. The molecule has 1 aromatic carbocycles. The second kappa shape index (κ2) is 6.51. The van der Waals surface area contributed by atoms with Crippen molar-refractivity contribution in [2.45, 2.75) is 26.3 Å². The van der Waals surface area contributed by atoms with Gasteiger partial charge >= 0.3 is 0 Å². The maximum Gasteiger partial charge on any atom is 0.119 e. The molecule has 1 rings (SSSR count). The molecule has 0 aliphatic rings. The number of ether oxygens (including phenoxy) is 1. The number of aliphatic hydroxyl groups is 1. The van der Waals surface area contributed by atoms with E-state index in [2.05, 4.69) is 6.92 Å². The minimum absolute atomic E-state index is 0.102. The van der Waals surface area contributed by atoms with Gasteiger partial charge in [-0.3, -0.25) is 0 Å². The first kappa shape index (κ1) is 13.0. The lowest BCUT2D eigenvalue weighted by molar-refractivity contribution is 0.174. The van der Waals surface area contributed by atoms with E-state index in [0.717, 1.165) is 17.7 Å². The van der Waals surface area contributed by atoms with Crippen molar-refractivity contribution >= 4 is 0 Å². The van der Waals surface area contributed by atoms with Crippen molar-refractivity contribution in [3.8, 4) is 5.75 Å². The zero-order chi connectivity index (χ0) is 12.0. The van der Waals surface area contributed by atoms with Gasteiger partial charge in [0.05, 0.1) is 6.61 Å². The van der Waals surface area contributed by atoms with Crippen molar-refractivity contribution in [2.75, 3.05) is 13.2 Å². The molecular formula is C13H21NO2. The van der Waals surface area contributed by atoms with Crippen LogP contribution in [-0.2, 0) is 0 Å². The quantitative estimate of drug-likeness (QED) is 0.776. The summed E-state index contributed by atoms with van der Waals surface area (Å²) in [7, 11) is 0. The number of benzene rings is 1. The molecule has 0 bridgehead atoms. The molecule has 0 saturated heterocycles. The van der Waals surface area contributed by atoms with E-state index in [9.17, 15) is 0 Å². The predicted octanol–water partition coefficient (Wildman–Crippen LogP) is 2.10. The van der Waals surface area contributed by atoms with E-state index in [0.29, 0.717) is 6.61 Å². The number of hydrogen-bond donors (Lipinski definition) is 2. The van der Waals surface area contributed by atoms with Crippen LogP contribution < -0.4 is 10.5 Å². The molecule has 0 spiro atoms. The van der Waals surface area contributed by atoms with Gasteiger partial charge in [-0.2, -0.15) is 0 Å². The fourth-order valence-electron chi connectivity index (χ4n) is 1.34. The molecule has 2 atom stereocenters. The Morgan fingerprint density at radius 1 is 1.31 bits per heavy atom. The van der Waals surface area contributed by atoms with E-state index in [1.165, 1.54) is 0 Å². The van der Waals surface area contributed by atoms with Gasteiger partial charge in [0.1, 0.15) is 5.75 Å². The third kappa shape index (κ3) is 3.83. The fourth-order valence-corrected chi connectivity index (χ4v) is 1.34. The number of aliphatic hydroxyl groups excluding tert-OH is 1. The lowest BCUT2D eigenvalue weighted by Gasteiger charge is -2.12. The molecule has 0 radical (unpaired) electrons. The Labute approximate surface area is 97.2 Å². The molecule has 3 heteroatoms. The average molecular weight is 223 g/mol. The van der Waals surface area contributed by atoms with Gasteiger partial charge in [-0.25, -0.2) is 0 Å². The van der Waals surface area contributed by atoms with Crippen LogP contribution in [-0.4, -0.2) is 18.3 Å². The molecule has 3 N–H and O–H groups in total. The summed E-state index contributed by atoms with van der Waals surface area (Å²) < 4.78 is 5.53. The number of hydrogen-bond acceptors (Lipinski definition) is 3. The molecule has 1 unspecified atom stereocenters. The van der Waals surface area contributed by atoms with Gasteiger partial charge in [0.15, 0.2) is 0 Å². The lowest BCUT2D eigenvalue weighted by Crippen LogP contribution is -2.12. The van der Waals surface area contributed by atoms with Crippen molar-refractivity contribution in [1.82, 2.24) is 0 Å². The maximum atomic E-state index is 8.87. The molecule has 0 amide bonds. The first-order chi connectivity index (χ1) is 7.67. The van der Waals surface area contributed by atoms with Gasteiger partial charge in [-0.05, 0) is 24.1 Å². The normalized spacial score (nSPS) is 14.5. The molecule has 1 aromatic rings. The first-order valence-electron chi connectivity index (χ1n) is 5.76. The highest BCUT2D eigenvalue weighted by Gasteiger charge is 2.04. The van der Waals surface area contributed by atoms with Crippen LogP contribution in [0.25, 0.3) is 0 Å². The van der Waals surface area contributed by atoms with Crippen LogP contribution in [0, 0.1) is 5.92 Å². The summed E-state index contributed by atoms with van der Waals surface area (Å²) >= 11 is 0. The van der Waals surface area contributed by atoms with Gasteiger partial charge in [-0.1, -0.05) is 26.0 Å². The highest BCUT2D eigenvalue weighted by atomic mass is 16.5. The molecule has 90 valence electrons. The zero-order valence-electron chi connectivity index (χ0n) is 10.0. The minimum atomic E-state index is 0.102. The van der Waals surface area contributed by atoms with E-state index in [1.807, 2.05) is 31.2 Å². The predicted molar refractivity (Wildman–Crippen MR) is 65.4 cm³/mol. The van der Waals surface area contributed by atoms with Crippen molar-refractivity contribution < 1.29 is 9.84 Å². The molecule has 0 saturated carbocycles. The van der Waals surface area contributed by atoms with Crippen molar-refractivity contribution in [3.63, 3.8) is 0 Å². The molecule has 0 aliphatic carbocycles. The summed E-state index contributed by atoms with van der Waals surface area (Å²) in [5.74, 6) is 0.991. The number of nitrogens with two attached hydrogens (primary N) is 1. The Kier molecular flexibility index (Phi) is 5.29. The second-order valence-electron chi connectivity index (χ2n) is 4.18. The standard InChI is InChI=1S/C13H21NO2/c1-3-13(14)11-4-6-12(7-5-11)16-9-10(2)8-15/h4-7,10,13,15H,3,8-9,14H2,1-2H3/t10?,13-/m1/s1. The summed E-state index contributed by atoms with van der Waals surface area (Å²) in [6.07, 6.45) is 0.932. The number of rotatable bonds is 6. The average Bonchev–Trinajstić information content (AvgIpc) is 2.35. The second-order valence-corrected chi connectivity index (χ2v) is 4.18. The summed E-state index contributed by atoms with van der Waals surface area (Å²) in [6, 6.07) is 7.94. The van der Waals surface area contributed by atoms with Crippen LogP contribution in [0.1, 0.15) is 31.9 Å². The van der Waals surface area contributed by atoms with Crippen LogP contribution in [0.4, 0.5) is 0 Å². The summed E-state index contributed by atoms with van der Waals surface area (Å²) in [4.78, 5) is 0. The van der Waals surface area contributed by atoms with E-state index < -0.39 is 0 Å². The Hall–Kier alpha value is -1.06. The van der Waals surface area contributed by atoms with E-state index >= 15 is 0 Å². The molecule has 0 heterocycles. The van der Waals surface area contributed by atoms with Crippen LogP contribution in [0.5, 0.6) is 5.75 Å². The maximum absolute atomic E-state index is 8.87. The Balaban J connectivity index is 2.51. The fraction of sp³-hybridized carbons (Fsp3) is 0.538. The summed E-state index contributed by atoms with van der Waals surface area (Å²) in [5.41, 5.74) is 7.04. The van der Waals surface area contributed by atoms with Gasteiger partial charge < -0.3 is 15.6 Å². The molecule has 0 fully saturated rings. The Bertz CT molecular complexity index is 297. The van der Waals surface area contributed by atoms with Crippen LogP contribution >= 0.6 is 0 Å². The Morgan fingerprint density at radius 3 is 2.44 bits per heavy atom. The van der Waals surface area contributed by atoms with E-state index in [-0.39, 0.29) is 18.6 Å². The van der Waals surface area contributed by atoms with Crippen molar-refractivity contribution in [1.29, 1.82) is 0 Å². The molecule has 0 aliphatic heterocycles. The van der Waals surface area contributed by atoms with Crippen LogP contribution in [0.3, 0.4) is 0 Å². The summed E-state index contributed by atoms with van der Waals surface area (Å²) in [6.45, 7) is 4.70. The third-order valence-corrected chi connectivity index (χ3v) is 2.59. The van der Waals surface area contributed by atoms with Crippen LogP contribution in [0.15, 0.2) is 24.3 Å². The van der Waals surface area contributed by atoms with Crippen molar-refractivity contribution in [3.05, 3.63) is 29.8 Å². The topological polar surface area (TPSA) is 55.5 Å². The molecule has 16 heavy (non-hydrogen) atoms. The lowest BCUT2D eigenvalue weighted by atomic mass is 10.1. The van der Waals surface area contributed by atoms with Gasteiger partial charge in [0.25, 0.3) is 0 Å².